The molecule has 2 atom stereocenters. The summed E-state index contributed by atoms with van der Waals surface area (Å²) in [5.41, 5.74) is 1.19. The maximum absolute atomic E-state index is 3.72. The third-order valence-electron chi connectivity index (χ3n) is 3.82. The van der Waals surface area contributed by atoms with Crippen molar-refractivity contribution < 1.29 is 0 Å². The highest BCUT2D eigenvalue weighted by molar-refractivity contribution is 9.11. The molecule has 0 amide bonds. The Hall–Kier alpha value is -0.0200. The van der Waals surface area contributed by atoms with Crippen LogP contribution in [0.25, 0.3) is 0 Å². The molecule has 0 aliphatic heterocycles. The van der Waals surface area contributed by atoms with E-state index in [4.69, 9.17) is 0 Å². The number of halogens is 2. The molecule has 94 valence electrons. The minimum Gasteiger partial charge on any atom is -0.380 e. The largest absolute Gasteiger partial charge is 0.380 e. The summed E-state index contributed by atoms with van der Waals surface area (Å²) in [4.78, 5) is 0. The van der Waals surface area contributed by atoms with Crippen LogP contribution in [0.1, 0.15) is 33.1 Å². The zero-order valence-electron chi connectivity index (χ0n) is 10.3. The molecule has 0 heterocycles. The third kappa shape index (κ3) is 3.05. The molecule has 0 radical (unpaired) electrons. The predicted octanol–water partition coefficient (Wildman–Crippen LogP) is 5.45. The molecule has 17 heavy (non-hydrogen) atoms. The van der Waals surface area contributed by atoms with Crippen LogP contribution in [0.3, 0.4) is 0 Å². The normalized spacial score (nSPS) is 29.1. The molecular weight excluding hydrogens is 342 g/mol. The summed E-state index contributed by atoms with van der Waals surface area (Å²) in [6, 6.07) is 6.81. The molecular formula is C14H19Br2N. The Morgan fingerprint density at radius 1 is 1.06 bits per heavy atom. The first-order chi connectivity index (χ1) is 8.09. The fraction of sp³-hybridized carbons (Fsp3) is 0.571. The summed E-state index contributed by atoms with van der Waals surface area (Å²) in [6.07, 6.45) is 4.05. The Labute approximate surface area is 121 Å². The highest BCUT2D eigenvalue weighted by Gasteiger charge is 2.28. The quantitative estimate of drug-likeness (QED) is 0.739. The van der Waals surface area contributed by atoms with Gasteiger partial charge in [-0.1, -0.05) is 26.3 Å². The van der Waals surface area contributed by atoms with Crippen molar-refractivity contribution in [3.63, 3.8) is 0 Å². The number of nitrogens with one attached hydrogen (secondary N) is 1. The van der Waals surface area contributed by atoms with Crippen LogP contribution in [0.4, 0.5) is 5.69 Å². The lowest BCUT2D eigenvalue weighted by Crippen LogP contribution is -2.37. The third-order valence-corrected chi connectivity index (χ3v) is 5.14. The number of hydrogen-bond donors (Lipinski definition) is 1. The molecule has 1 nitrogen and oxygen atoms in total. The summed E-state index contributed by atoms with van der Waals surface area (Å²) >= 11 is 7.24. The molecule has 1 aliphatic carbocycles. The molecule has 0 bridgehead atoms. The van der Waals surface area contributed by atoms with Crippen molar-refractivity contribution in [2.45, 2.75) is 39.2 Å². The highest BCUT2D eigenvalue weighted by atomic mass is 79.9. The van der Waals surface area contributed by atoms with Gasteiger partial charge in [0.15, 0.2) is 0 Å². The summed E-state index contributed by atoms with van der Waals surface area (Å²) in [7, 11) is 0. The predicted molar refractivity (Wildman–Crippen MR) is 81.4 cm³/mol. The van der Waals surface area contributed by atoms with Gasteiger partial charge in [-0.25, -0.2) is 0 Å². The average Bonchev–Trinajstić information content (AvgIpc) is 2.27. The van der Waals surface area contributed by atoms with Gasteiger partial charge in [0.05, 0.1) is 5.69 Å². The van der Waals surface area contributed by atoms with E-state index in [-0.39, 0.29) is 0 Å². The monoisotopic (exact) mass is 359 g/mol. The first-order valence-electron chi connectivity index (χ1n) is 6.30. The van der Waals surface area contributed by atoms with E-state index in [0.29, 0.717) is 6.04 Å². The molecule has 1 aromatic carbocycles. The minimum atomic E-state index is 0.582. The van der Waals surface area contributed by atoms with E-state index < -0.39 is 0 Å². The molecule has 1 saturated carbocycles. The summed E-state index contributed by atoms with van der Waals surface area (Å²) < 4.78 is 2.27. The zero-order chi connectivity index (χ0) is 12.4. The van der Waals surface area contributed by atoms with Crippen molar-refractivity contribution in [3.8, 4) is 0 Å². The summed E-state index contributed by atoms with van der Waals surface area (Å²) in [5, 5.41) is 3.72. The van der Waals surface area contributed by atoms with E-state index in [9.17, 15) is 0 Å². The average molecular weight is 361 g/mol. The summed E-state index contributed by atoms with van der Waals surface area (Å²) in [5.74, 6) is 1.50. The Morgan fingerprint density at radius 3 is 2.12 bits per heavy atom. The lowest BCUT2D eigenvalue weighted by atomic mass is 9.78. The highest BCUT2D eigenvalue weighted by Crippen LogP contribution is 2.36. The summed E-state index contributed by atoms with van der Waals surface area (Å²) in [6.45, 7) is 4.72. The van der Waals surface area contributed by atoms with Crippen LogP contribution >= 0.6 is 31.9 Å². The van der Waals surface area contributed by atoms with Gasteiger partial charge < -0.3 is 5.32 Å². The van der Waals surface area contributed by atoms with Crippen molar-refractivity contribution in [1.29, 1.82) is 0 Å². The van der Waals surface area contributed by atoms with Crippen molar-refractivity contribution in [2.75, 3.05) is 5.32 Å². The zero-order valence-corrected chi connectivity index (χ0v) is 13.5. The molecule has 1 fully saturated rings. The van der Waals surface area contributed by atoms with Crippen LogP contribution < -0.4 is 5.32 Å². The van der Waals surface area contributed by atoms with Crippen molar-refractivity contribution in [2.24, 2.45) is 11.8 Å². The second kappa shape index (κ2) is 5.75. The van der Waals surface area contributed by atoms with Crippen molar-refractivity contribution >= 4 is 37.5 Å². The van der Waals surface area contributed by atoms with Gasteiger partial charge in [0.25, 0.3) is 0 Å². The van der Waals surface area contributed by atoms with Gasteiger partial charge in [-0.15, -0.1) is 0 Å². The smallest absolute Gasteiger partial charge is 0.0631 e. The van der Waals surface area contributed by atoms with Crippen LogP contribution in [0.15, 0.2) is 27.1 Å². The Morgan fingerprint density at radius 2 is 1.59 bits per heavy atom. The van der Waals surface area contributed by atoms with Crippen LogP contribution in [0.5, 0.6) is 0 Å². The number of hydrogen-bond acceptors (Lipinski definition) is 1. The molecule has 2 unspecified atom stereocenters. The standard InChI is InChI=1S/C14H19Br2N/c1-9-5-3-6-10(2)13(9)17-14-11(15)7-4-8-12(14)16/h4,7-10,13,17H,3,5-6H2,1-2H3. The van der Waals surface area contributed by atoms with Gasteiger partial charge in [0.1, 0.15) is 0 Å². The lowest BCUT2D eigenvalue weighted by molar-refractivity contribution is 0.268. The van der Waals surface area contributed by atoms with E-state index in [1.54, 1.807) is 0 Å². The van der Waals surface area contributed by atoms with Crippen LogP contribution in [0.2, 0.25) is 0 Å². The molecule has 1 aromatic rings. The van der Waals surface area contributed by atoms with Crippen molar-refractivity contribution in [3.05, 3.63) is 27.1 Å². The van der Waals surface area contributed by atoms with Gasteiger partial charge in [-0.05, 0) is 68.7 Å². The van der Waals surface area contributed by atoms with Gasteiger partial charge in [0.2, 0.25) is 0 Å². The van der Waals surface area contributed by atoms with E-state index in [0.717, 1.165) is 20.8 Å². The van der Waals surface area contributed by atoms with Crippen LogP contribution in [0, 0.1) is 11.8 Å². The SMILES string of the molecule is CC1CCCC(C)C1Nc1c(Br)cccc1Br. The Kier molecular flexibility index (Phi) is 4.53. The molecule has 3 heteroatoms. The fourth-order valence-corrected chi connectivity index (χ4v) is 4.00. The first kappa shape index (κ1) is 13.4. The van der Waals surface area contributed by atoms with E-state index in [2.05, 4.69) is 63.2 Å². The Balaban J connectivity index is 2.19. The minimum absolute atomic E-state index is 0.582. The van der Waals surface area contributed by atoms with E-state index in [1.807, 2.05) is 6.07 Å². The molecule has 2 rings (SSSR count). The van der Waals surface area contributed by atoms with Crippen LogP contribution in [-0.2, 0) is 0 Å². The Bertz CT molecular complexity index is 362. The first-order valence-corrected chi connectivity index (χ1v) is 7.88. The van der Waals surface area contributed by atoms with E-state index >= 15 is 0 Å². The lowest BCUT2D eigenvalue weighted by Gasteiger charge is -2.36. The number of benzene rings is 1. The molecule has 1 N–H and O–H groups in total. The van der Waals surface area contributed by atoms with E-state index in [1.165, 1.54) is 24.9 Å². The maximum Gasteiger partial charge on any atom is 0.0631 e. The number of anilines is 1. The van der Waals surface area contributed by atoms with Gasteiger partial charge in [-0.2, -0.15) is 0 Å². The molecule has 0 aromatic heterocycles. The van der Waals surface area contributed by atoms with Gasteiger partial charge in [-0.3, -0.25) is 0 Å². The molecule has 1 aliphatic rings. The second-order valence-corrected chi connectivity index (χ2v) is 6.86. The molecule has 0 saturated heterocycles. The van der Waals surface area contributed by atoms with Crippen molar-refractivity contribution in [1.82, 2.24) is 0 Å². The topological polar surface area (TPSA) is 12.0 Å². The maximum atomic E-state index is 3.72. The fourth-order valence-electron chi connectivity index (χ4n) is 2.77. The van der Waals surface area contributed by atoms with Gasteiger partial charge >= 0.3 is 0 Å². The van der Waals surface area contributed by atoms with Gasteiger partial charge in [0, 0.05) is 15.0 Å². The van der Waals surface area contributed by atoms with Crippen LogP contribution in [-0.4, -0.2) is 6.04 Å². The second-order valence-electron chi connectivity index (χ2n) is 5.15. The number of rotatable bonds is 2. The molecule has 0 spiro atoms. The number of para-hydroxylation sites is 1.